The largest absolute Gasteiger partial charge is 0.489 e. The molecule has 0 saturated carbocycles. The van der Waals surface area contributed by atoms with E-state index in [0.717, 1.165) is 22.4 Å². The molecule has 2 aromatic heterocycles. The molecule has 10 heteroatoms. The van der Waals surface area contributed by atoms with Crippen LogP contribution in [0.2, 0.25) is 5.02 Å². The van der Waals surface area contributed by atoms with Gasteiger partial charge in [-0.2, -0.15) is 0 Å². The highest BCUT2D eigenvalue weighted by atomic mass is 35.5. The van der Waals surface area contributed by atoms with Crippen LogP contribution in [0.15, 0.2) is 67.0 Å². The van der Waals surface area contributed by atoms with Crippen molar-refractivity contribution in [2.24, 2.45) is 0 Å². The molecule has 0 radical (unpaired) electrons. The molecule has 0 fully saturated rings. The van der Waals surface area contributed by atoms with Crippen LogP contribution in [0, 0.1) is 0 Å². The van der Waals surface area contributed by atoms with E-state index in [9.17, 15) is 14.7 Å². The molecule has 0 aliphatic carbocycles. The van der Waals surface area contributed by atoms with Gasteiger partial charge in [-0.25, -0.2) is 4.98 Å². The molecule has 0 aliphatic heterocycles. The first-order chi connectivity index (χ1) is 20.0. The first-order valence-corrected chi connectivity index (χ1v) is 14.3. The van der Waals surface area contributed by atoms with Crippen molar-refractivity contribution in [3.8, 4) is 17.0 Å². The molecule has 0 bridgehead atoms. The van der Waals surface area contributed by atoms with Crippen LogP contribution in [-0.4, -0.2) is 70.5 Å². The molecule has 2 aromatic carbocycles. The second-order valence-corrected chi connectivity index (χ2v) is 11.3. The van der Waals surface area contributed by atoms with E-state index in [1.54, 1.807) is 30.0 Å². The Kier molecular flexibility index (Phi) is 10.2. The summed E-state index contributed by atoms with van der Waals surface area (Å²) < 4.78 is 7.58. The number of likely N-dealkylation sites (N-methyl/N-ethyl adjacent to an activating group) is 1. The topological polar surface area (TPSA) is 108 Å². The third-order valence-electron chi connectivity index (χ3n) is 6.59. The number of aliphatic hydroxyl groups excluding tert-OH is 1. The van der Waals surface area contributed by atoms with Crippen LogP contribution in [-0.2, 0) is 11.2 Å². The minimum Gasteiger partial charge on any atom is -0.489 e. The normalized spacial score (nSPS) is 12.9. The molecule has 42 heavy (non-hydrogen) atoms. The van der Waals surface area contributed by atoms with Crippen LogP contribution in [0.3, 0.4) is 0 Å². The molecule has 2 amide bonds. The Morgan fingerprint density at radius 2 is 1.83 bits per heavy atom. The summed E-state index contributed by atoms with van der Waals surface area (Å²) in [5, 5.41) is 16.4. The van der Waals surface area contributed by atoms with Gasteiger partial charge in [0.1, 0.15) is 11.4 Å². The molecule has 0 spiro atoms. The Balaban J connectivity index is 1.50. The lowest BCUT2D eigenvalue weighted by Gasteiger charge is -2.21. The van der Waals surface area contributed by atoms with Crippen molar-refractivity contribution in [3.05, 3.63) is 88.7 Å². The molecular formula is C32H38ClN5O4. The van der Waals surface area contributed by atoms with E-state index in [1.807, 2.05) is 81.1 Å². The van der Waals surface area contributed by atoms with Crippen LogP contribution in [0.1, 0.15) is 48.4 Å². The summed E-state index contributed by atoms with van der Waals surface area (Å²) in [5.74, 6) is 0.0924. The van der Waals surface area contributed by atoms with Gasteiger partial charge >= 0.3 is 0 Å². The molecule has 3 N–H and O–H groups in total. The molecule has 2 atom stereocenters. The summed E-state index contributed by atoms with van der Waals surface area (Å²) in [6, 6.07) is 16.3. The number of aliphatic hydroxyl groups is 1. The van der Waals surface area contributed by atoms with Crippen LogP contribution < -0.4 is 15.4 Å². The summed E-state index contributed by atoms with van der Waals surface area (Å²) in [4.78, 5) is 32.1. The predicted octanol–water partition coefficient (Wildman–Crippen LogP) is 4.51. The Morgan fingerprint density at radius 3 is 2.48 bits per heavy atom. The summed E-state index contributed by atoms with van der Waals surface area (Å²) in [6.45, 7) is 6.05. The van der Waals surface area contributed by atoms with Crippen molar-refractivity contribution in [1.82, 2.24) is 24.9 Å². The quantitative estimate of drug-likeness (QED) is 0.224. The maximum atomic E-state index is 13.2. The van der Waals surface area contributed by atoms with E-state index in [1.165, 1.54) is 0 Å². The molecule has 4 aromatic rings. The number of aromatic nitrogens is 2. The van der Waals surface area contributed by atoms with E-state index >= 15 is 0 Å². The lowest BCUT2D eigenvalue weighted by molar-refractivity contribution is -0.121. The molecule has 222 valence electrons. The highest BCUT2D eigenvalue weighted by Gasteiger charge is 2.18. The van der Waals surface area contributed by atoms with Gasteiger partial charge in [0.25, 0.3) is 5.91 Å². The number of ether oxygens (including phenoxy) is 1. The van der Waals surface area contributed by atoms with Gasteiger partial charge in [-0.05, 0) is 71.1 Å². The van der Waals surface area contributed by atoms with E-state index in [0.29, 0.717) is 28.4 Å². The maximum Gasteiger partial charge on any atom is 0.251 e. The van der Waals surface area contributed by atoms with Gasteiger partial charge in [0.2, 0.25) is 5.91 Å². The van der Waals surface area contributed by atoms with Gasteiger partial charge in [0.15, 0.2) is 0 Å². The minimum atomic E-state index is -0.626. The average Bonchev–Trinajstić information content (AvgIpc) is 3.37. The summed E-state index contributed by atoms with van der Waals surface area (Å²) >= 11 is 6.36. The van der Waals surface area contributed by atoms with Gasteiger partial charge in [0.05, 0.1) is 35.5 Å². The number of carbonyl (C=O) groups is 2. The number of nitrogens with zero attached hydrogens (tertiary/aromatic N) is 3. The zero-order valence-corrected chi connectivity index (χ0v) is 25.4. The fraction of sp³-hybridized carbons (Fsp3) is 0.344. The number of fused-ring (bicyclic) bond motifs is 1. The number of pyridine rings is 1. The van der Waals surface area contributed by atoms with Gasteiger partial charge in [0, 0.05) is 35.6 Å². The highest BCUT2D eigenvalue weighted by molar-refractivity contribution is 6.32. The molecular weight excluding hydrogens is 554 g/mol. The van der Waals surface area contributed by atoms with Crippen molar-refractivity contribution in [3.63, 3.8) is 0 Å². The average molecular weight is 592 g/mol. The Bertz CT molecular complexity index is 1530. The molecule has 0 saturated heterocycles. The number of amides is 2. The van der Waals surface area contributed by atoms with Crippen LogP contribution >= 0.6 is 11.6 Å². The molecule has 0 unspecified atom stereocenters. The first-order valence-electron chi connectivity index (χ1n) is 13.9. The van der Waals surface area contributed by atoms with Crippen molar-refractivity contribution in [1.29, 1.82) is 0 Å². The van der Waals surface area contributed by atoms with Crippen molar-refractivity contribution in [2.75, 3.05) is 27.2 Å². The lowest BCUT2D eigenvalue weighted by Crippen LogP contribution is -2.46. The van der Waals surface area contributed by atoms with Crippen molar-refractivity contribution >= 4 is 29.1 Å². The summed E-state index contributed by atoms with van der Waals surface area (Å²) in [7, 11) is 3.65. The Morgan fingerprint density at radius 1 is 1.10 bits per heavy atom. The monoisotopic (exact) mass is 591 g/mol. The van der Waals surface area contributed by atoms with Crippen LogP contribution in [0.25, 0.3) is 16.9 Å². The van der Waals surface area contributed by atoms with E-state index in [4.69, 9.17) is 21.3 Å². The Labute approximate surface area is 251 Å². The fourth-order valence-electron chi connectivity index (χ4n) is 4.61. The number of halogens is 1. The first kappa shape index (κ1) is 31.0. The minimum absolute atomic E-state index is 0.0434. The fourth-order valence-corrected chi connectivity index (χ4v) is 4.84. The predicted molar refractivity (Wildman–Crippen MR) is 165 cm³/mol. The molecule has 0 aliphatic rings. The molecule has 9 nitrogen and oxygen atoms in total. The van der Waals surface area contributed by atoms with Crippen molar-refractivity contribution < 1.29 is 19.4 Å². The smallest absolute Gasteiger partial charge is 0.251 e. The van der Waals surface area contributed by atoms with Crippen LogP contribution in [0.5, 0.6) is 5.75 Å². The summed E-state index contributed by atoms with van der Waals surface area (Å²) in [6.07, 6.45) is 3.66. The number of nitrogens with one attached hydrogen (secondary N) is 2. The number of carbonyl (C=O) groups excluding carboxylic acids is 2. The number of imidazole rings is 1. The zero-order valence-electron chi connectivity index (χ0n) is 24.6. The number of hydrogen-bond acceptors (Lipinski definition) is 6. The number of rotatable bonds is 12. The number of benzene rings is 2. The highest BCUT2D eigenvalue weighted by Crippen LogP contribution is 2.27. The van der Waals surface area contributed by atoms with Gasteiger partial charge < -0.3 is 29.8 Å². The summed E-state index contributed by atoms with van der Waals surface area (Å²) in [5.41, 5.74) is 4.58. The standard InChI is InChI=1S/C32H38ClN5O4/c1-20(2)42-29-13-12-24(16-27(29)33)32(41)35-25(17-34-30(40)19-37(4)5)15-22-8-10-23(11-9-22)28-18-38-14-6-7-26(21(3)39)31(38)36-28/h6-14,16,18,20-21,25,39H,15,17,19H2,1-5H3,(H,34,40)(H,35,41)/t21-,25+/m0/s1. The van der Waals surface area contributed by atoms with E-state index in [2.05, 4.69) is 10.6 Å². The van der Waals surface area contributed by atoms with E-state index < -0.39 is 6.10 Å². The van der Waals surface area contributed by atoms with Gasteiger partial charge in [-0.3, -0.25) is 9.59 Å². The zero-order chi connectivity index (χ0) is 30.4. The lowest BCUT2D eigenvalue weighted by atomic mass is 10.0. The molecule has 2 heterocycles. The second kappa shape index (κ2) is 13.8. The van der Waals surface area contributed by atoms with Gasteiger partial charge in [-0.1, -0.05) is 41.9 Å². The molecule has 4 rings (SSSR count). The second-order valence-electron chi connectivity index (χ2n) is 10.9. The maximum absolute atomic E-state index is 13.2. The number of hydrogen-bond donors (Lipinski definition) is 3. The third-order valence-corrected chi connectivity index (χ3v) is 6.89. The van der Waals surface area contributed by atoms with Crippen molar-refractivity contribution in [2.45, 2.75) is 45.4 Å². The Hall–Kier alpha value is -3.92. The van der Waals surface area contributed by atoms with Crippen LogP contribution in [0.4, 0.5) is 0 Å². The SMILES string of the molecule is CC(C)Oc1ccc(C(=O)N[C@@H](CNC(=O)CN(C)C)Cc2ccc(-c3cn4cccc([C@H](C)O)c4n3)cc2)cc1Cl. The van der Waals surface area contributed by atoms with Gasteiger partial charge in [-0.15, -0.1) is 0 Å². The third kappa shape index (κ3) is 8.09. The van der Waals surface area contributed by atoms with E-state index in [-0.39, 0.29) is 37.0 Å².